The summed E-state index contributed by atoms with van der Waals surface area (Å²) >= 11 is 0. The van der Waals surface area contributed by atoms with Gasteiger partial charge in [-0.1, -0.05) is 6.92 Å². The largest absolute Gasteiger partial charge is 0.357 e. The molecule has 30 heavy (non-hydrogen) atoms. The van der Waals surface area contributed by atoms with Crippen LogP contribution in [0.15, 0.2) is 4.99 Å². The van der Waals surface area contributed by atoms with Gasteiger partial charge in [-0.15, -0.1) is 24.0 Å². The van der Waals surface area contributed by atoms with Gasteiger partial charge in [0.05, 0.1) is 5.69 Å². The average Bonchev–Trinajstić information content (AvgIpc) is 2.94. The van der Waals surface area contributed by atoms with Crippen LogP contribution in [0.25, 0.3) is 0 Å². The van der Waals surface area contributed by atoms with Crippen LogP contribution in [0, 0.1) is 13.8 Å². The third kappa shape index (κ3) is 8.70. The molecular formula is C22H44IN7. The molecule has 1 aromatic rings. The molecule has 0 aliphatic carbocycles. The van der Waals surface area contributed by atoms with Crippen molar-refractivity contribution in [3.63, 3.8) is 0 Å². The lowest BCUT2D eigenvalue weighted by Gasteiger charge is -2.33. The number of aryl methyl sites for hydroxylation is 2. The molecule has 2 N–H and O–H groups in total. The molecule has 1 atom stereocenters. The first-order chi connectivity index (χ1) is 13.9. The summed E-state index contributed by atoms with van der Waals surface area (Å²) in [5.41, 5.74) is 3.71. The molecular weight excluding hydrogens is 489 g/mol. The van der Waals surface area contributed by atoms with E-state index < -0.39 is 0 Å². The summed E-state index contributed by atoms with van der Waals surface area (Å²) in [6.45, 7) is 19.8. The standard InChI is InChI=1S/C22H43N7.HI/c1-7-23-22(25-18(3)17-21-19(4)26-27(6)20(21)5)24-11-9-10-12-29-15-13-28(8-2)14-16-29;/h18H,7-17H2,1-6H3,(H2,23,24,25);1H. The molecule has 0 spiro atoms. The van der Waals surface area contributed by atoms with Gasteiger partial charge in [0.25, 0.3) is 0 Å². The van der Waals surface area contributed by atoms with Crippen LogP contribution >= 0.6 is 24.0 Å². The number of nitrogens with one attached hydrogen (secondary N) is 2. The molecule has 174 valence electrons. The summed E-state index contributed by atoms with van der Waals surface area (Å²) in [6, 6.07) is 0.310. The number of aliphatic imine (C=N–C) groups is 1. The highest BCUT2D eigenvalue weighted by molar-refractivity contribution is 14.0. The highest BCUT2D eigenvalue weighted by atomic mass is 127. The fraction of sp³-hybridized carbons (Fsp3) is 0.818. The smallest absolute Gasteiger partial charge is 0.191 e. The number of unbranched alkanes of at least 4 members (excludes halogenated alkanes) is 1. The number of guanidine groups is 1. The molecule has 1 aliphatic rings. The van der Waals surface area contributed by atoms with Gasteiger partial charge in [-0.05, 0) is 65.6 Å². The molecule has 1 aliphatic heterocycles. The molecule has 1 aromatic heterocycles. The summed E-state index contributed by atoms with van der Waals surface area (Å²) in [4.78, 5) is 9.93. The molecule has 8 heteroatoms. The van der Waals surface area contributed by atoms with Gasteiger partial charge in [-0.2, -0.15) is 5.10 Å². The Bertz CT molecular complexity index is 636. The van der Waals surface area contributed by atoms with Gasteiger partial charge >= 0.3 is 0 Å². The number of likely N-dealkylation sites (N-methyl/N-ethyl adjacent to an activating group) is 1. The summed E-state index contributed by atoms with van der Waals surface area (Å²) in [7, 11) is 2.01. The van der Waals surface area contributed by atoms with E-state index in [1.165, 1.54) is 56.9 Å². The van der Waals surface area contributed by atoms with E-state index in [1.54, 1.807) is 0 Å². The lowest BCUT2D eigenvalue weighted by Crippen LogP contribution is -2.46. The Balaban J connectivity index is 0.00000450. The Kier molecular flexibility index (Phi) is 12.9. The fourth-order valence-corrected chi connectivity index (χ4v) is 3.99. The Morgan fingerprint density at radius 1 is 1.10 bits per heavy atom. The Morgan fingerprint density at radius 2 is 1.77 bits per heavy atom. The second kappa shape index (κ2) is 14.2. The third-order valence-corrected chi connectivity index (χ3v) is 5.96. The number of piperazine rings is 1. The Morgan fingerprint density at radius 3 is 2.33 bits per heavy atom. The predicted octanol–water partition coefficient (Wildman–Crippen LogP) is 2.56. The van der Waals surface area contributed by atoms with Gasteiger partial charge < -0.3 is 20.4 Å². The maximum Gasteiger partial charge on any atom is 0.191 e. The van der Waals surface area contributed by atoms with E-state index in [1.807, 2.05) is 11.7 Å². The number of hydrogen-bond donors (Lipinski definition) is 2. The number of nitrogens with zero attached hydrogens (tertiary/aromatic N) is 5. The van der Waals surface area contributed by atoms with Crippen molar-refractivity contribution in [3.8, 4) is 0 Å². The highest BCUT2D eigenvalue weighted by Gasteiger charge is 2.15. The van der Waals surface area contributed by atoms with Gasteiger partial charge in [0.1, 0.15) is 0 Å². The van der Waals surface area contributed by atoms with Gasteiger partial charge in [0.15, 0.2) is 5.96 Å². The normalized spacial score (nSPS) is 16.9. The average molecular weight is 534 g/mol. The number of hydrogen-bond acceptors (Lipinski definition) is 4. The lowest BCUT2D eigenvalue weighted by molar-refractivity contribution is 0.136. The van der Waals surface area contributed by atoms with Crippen molar-refractivity contribution in [2.24, 2.45) is 12.0 Å². The molecule has 1 fully saturated rings. The SMILES string of the molecule is CCNC(=NCCCCN1CCN(CC)CC1)NC(C)Cc1c(C)nn(C)c1C.I. The zero-order valence-electron chi connectivity index (χ0n) is 20.0. The first-order valence-corrected chi connectivity index (χ1v) is 11.4. The first kappa shape index (κ1) is 27.2. The summed E-state index contributed by atoms with van der Waals surface area (Å²) in [5, 5.41) is 11.5. The monoisotopic (exact) mass is 533 g/mol. The fourth-order valence-electron chi connectivity index (χ4n) is 3.99. The molecule has 1 unspecified atom stereocenters. The third-order valence-electron chi connectivity index (χ3n) is 5.96. The van der Waals surface area contributed by atoms with Gasteiger partial charge in [0, 0.05) is 58.1 Å². The minimum absolute atomic E-state index is 0. The minimum atomic E-state index is 0. The summed E-state index contributed by atoms with van der Waals surface area (Å²) in [6.07, 6.45) is 3.32. The summed E-state index contributed by atoms with van der Waals surface area (Å²) < 4.78 is 1.97. The predicted molar refractivity (Wildman–Crippen MR) is 138 cm³/mol. The first-order valence-electron chi connectivity index (χ1n) is 11.4. The van der Waals surface area contributed by atoms with Crippen molar-refractivity contribution in [2.75, 3.05) is 52.4 Å². The Labute approximate surface area is 201 Å². The van der Waals surface area contributed by atoms with Crippen LogP contribution in [0.5, 0.6) is 0 Å². The molecule has 0 bridgehead atoms. The second-order valence-corrected chi connectivity index (χ2v) is 8.27. The molecule has 0 saturated carbocycles. The van der Waals surface area contributed by atoms with E-state index >= 15 is 0 Å². The Hall–Kier alpha value is -0.870. The van der Waals surface area contributed by atoms with Crippen LogP contribution in [-0.4, -0.2) is 83.9 Å². The van der Waals surface area contributed by atoms with Crippen molar-refractivity contribution in [1.29, 1.82) is 0 Å². The number of aromatic nitrogens is 2. The molecule has 2 heterocycles. The van der Waals surface area contributed by atoms with Crippen LogP contribution in [0.3, 0.4) is 0 Å². The molecule has 2 rings (SSSR count). The topological polar surface area (TPSA) is 60.7 Å². The molecule has 1 saturated heterocycles. The van der Waals surface area contributed by atoms with Crippen LogP contribution in [0.1, 0.15) is 50.6 Å². The number of halogens is 1. The van der Waals surface area contributed by atoms with Crippen LogP contribution < -0.4 is 10.6 Å². The van der Waals surface area contributed by atoms with Crippen molar-refractivity contribution in [3.05, 3.63) is 17.0 Å². The zero-order chi connectivity index (χ0) is 21.2. The van der Waals surface area contributed by atoms with E-state index in [2.05, 4.69) is 60.2 Å². The van der Waals surface area contributed by atoms with E-state index in [4.69, 9.17) is 4.99 Å². The van der Waals surface area contributed by atoms with Crippen molar-refractivity contribution in [1.82, 2.24) is 30.2 Å². The van der Waals surface area contributed by atoms with Crippen molar-refractivity contribution < 1.29 is 0 Å². The molecule has 7 nitrogen and oxygen atoms in total. The van der Waals surface area contributed by atoms with Crippen LogP contribution in [-0.2, 0) is 13.5 Å². The highest BCUT2D eigenvalue weighted by Crippen LogP contribution is 2.14. The summed E-state index contributed by atoms with van der Waals surface area (Å²) in [5.74, 6) is 0.927. The van der Waals surface area contributed by atoms with E-state index in [9.17, 15) is 0 Å². The van der Waals surface area contributed by atoms with Gasteiger partial charge in [-0.25, -0.2) is 0 Å². The lowest BCUT2D eigenvalue weighted by atomic mass is 10.1. The van der Waals surface area contributed by atoms with E-state index in [-0.39, 0.29) is 24.0 Å². The molecule has 0 aromatic carbocycles. The van der Waals surface area contributed by atoms with Crippen molar-refractivity contribution in [2.45, 2.75) is 59.9 Å². The van der Waals surface area contributed by atoms with E-state index in [0.717, 1.165) is 37.6 Å². The quantitative estimate of drug-likeness (QED) is 0.210. The van der Waals surface area contributed by atoms with Crippen LogP contribution in [0.4, 0.5) is 0 Å². The van der Waals surface area contributed by atoms with E-state index in [0.29, 0.717) is 6.04 Å². The second-order valence-electron chi connectivity index (χ2n) is 8.27. The molecule has 0 amide bonds. The van der Waals surface area contributed by atoms with Gasteiger partial charge in [-0.3, -0.25) is 9.67 Å². The zero-order valence-corrected chi connectivity index (χ0v) is 22.3. The van der Waals surface area contributed by atoms with Gasteiger partial charge in [0.2, 0.25) is 0 Å². The van der Waals surface area contributed by atoms with Crippen molar-refractivity contribution >= 4 is 29.9 Å². The number of rotatable bonds is 10. The molecule has 0 radical (unpaired) electrons. The van der Waals surface area contributed by atoms with Crippen LogP contribution in [0.2, 0.25) is 0 Å². The minimum Gasteiger partial charge on any atom is -0.357 e. The maximum absolute atomic E-state index is 4.80. The maximum atomic E-state index is 4.80.